The Labute approximate surface area is 118 Å². The largest absolute Gasteiger partial charge is 0.384 e. The molecule has 2 N–H and O–H groups in total. The highest BCUT2D eigenvalue weighted by Gasteiger charge is 2.88. The first-order valence-corrected chi connectivity index (χ1v) is 6.66. The van der Waals surface area contributed by atoms with Gasteiger partial charge in [-0.2, -0.15) is 43.9 Å². The fourth-order valence-electron chi connectivity index (χ4n) is 1.13. The molecule has 0 radical (unpaired) electrons. The Kier molecular flexibility index (Phi) is 5.52. The monoisotopic (exact) mass is 396 g/mol. The van der Waals surface area contributed by atoms with Gasteiger partial charge >= 0.3 is 43.6 Å². The first-order valence-electron chi connectivity index (χ1n) is 4.87. The lowest BCUT2D eigenvalue weighted by Crippen LogP contribution is -2.69. The third-order valence-electron chi connectivity index (χ3n) is 2.35. The number of halogens is 12. The summed E-state index contributed by atoms with van der Waals surface area (Å²) < 4.78 is 161. The molecule has 0 fully saturated rings. The molecule has 16 heteroatoms. The molecule has 140 valence electrons. The van der Waals surface area contributed by atoms with Crippen LogP contribution in [0.3, 0.4) is 0 Å². The fourth-order valence-corrected chi connectivity index (χ4v) is 1.85. The van der Waals surface area contributed by atoms with Crippen LogP contribution in [0.4, 0.5) is 52.7 Å². The molecule has 0 saturated heterocycles. The second-order valence-electron chi connectivity index (χ2n) is 4.17. The summed E-state index contributed by atoms with van der Waals surface area (Å²) in [5.74, 6) is -36.7. The molecule has 0 aliphatic rings. The van der Waals surface area contributed by atoms with Crippen molar-refractivity contribution in [1.29, 1.82) is 0 Å². The van der Waals surface area contributed by atoms with Crippen LogP contribution in [0.15, 0.2) is 0 Å². The van der Waals surface area contributed by atoms with Gasteiger partial charge < -0.3 is 9.79 Å². The normalized spacial score (nSPS) is 16.1. The first-order chi connectivity index (χ1) is 9.65. The van der Waals surface area contributed by atoms with Gasteiger partial charge in [-0.1, -0.05) is 0 Å². The van der Waals surface area contributed by atoms with E-state index in [1.165, 1.54) is 0 Å². The number of rotatable bonds is 7. The minimum atomic E-state index is -7.78. The summed E-state index contributed by atoms with van der Waals surface area (Å²) in [4.78, 5) is 16.1. The van der Waals surface area contributed by atoms with Gasteiger partial charge in [-0.15, -0.1) is 0 Å². The van der Waals surface area contributed by atoms with Crippen molar-refractivity contribution in [3.05, 3.63) is 0 Å². The van der Waals surface area contributed by atoms with Gasteiger partial charge in [-0.25, -0.2) is 8.78 Å². The molecule has 0 rings (SSSR count). The summed E-state index contributed by atoms with van der Waals surface area (Å²) in [6.45, 7) is 0. The van der Waals surface area contributed by atoms with Crippen LogP contribution in [0, 0.1) is 0 Å². The van der Waals surface area contributed by atoms with Gasteiger partial charge in [-0.05, 0) is 0 Å². The Morgan fingerprint density at radius 3 is 1.35 bits per heavy atom. The van der Waals surface area contributed by atoms with Crippen LogP contribution in [0.2, 0.25) is 0 Å². The standard InChI is InChI=1S/C7H5F12O3P/c8-2(9)4(12,13)6(16,17)7(18,19)5(14,15)3(10,11)1-23(20,21)22/h2H,1H2,(H2,20,21,22). The van der Waals surface area contributed by atoms with Crippen LogP contribution in [0.1, 0.15) is 0 Å². The Hall–Kier alpha value is -0.690. The van der Waals surface area contributed by atoms with E-state index in [1.54, 1.807) is 0 Å². The van der Waals surface area contributed by atoms with Crippen molar-refractivity contribution in [1.82, 2.24) is 0 Å². The van der Waals surface area contributed by atoms with E-state index in [4.69, 9.17) is 9.79 Å². The van der Waals surface area contributed by atoms with Crippen molar-refractivity contribution in [2.45, 2.75) is 36.0 Å². The number of hydrogen-bond donors (Lipinski definition) is 2. The van der Waals surface area contributed by atoms with Crippen molar-refractivity contribution in [3.8, 4) is 0 Å². The summed E-state index contributed by atoms with van der Waals surface area (Å²) in [6, 6.07) is 0. The maximum Gasteiger partial charge on any atom is 0.384 e. The molecule has 3 nitrogen and oxygen atoms in total. The molecule has 0 aliphatic heterocycles. The maximum absolute atomic E-state index is 12.9. The van der Waals surface area contributed by atoms with Crippen molar-refractivity contribution in [2.24, 2.45) is 0 Å². The molecule has 0 unspecified atom stereocenters. The quantitative estimate of drug-likeness (QED) is 0.511. The molecule has 0 aliphatic carbocycles. The second kappa shape index (κ2) is 5.69. The molecule has 0 aromatic carbocycles. The maximum atomic E-state index is 12.9. The van der Waals surface area contributed by atoms with Gasteiger partial charge in [0.2, 0.25) is 0 Å². The molecule has 23 heavy (non-hydrogen) atoms. The summed E-state index contributed by atoms with van der Waals surface area (Å²) in [5.41, 5.74) is 0. The highest BCUT2D eigenvalue weighted by molar-refractivity contribution is 7.51. The summed E-state index contributed by atoms with van der Waals surface area (Å²) in [5, 5.41) is 0. The fraction of sp³-hybridized carbons (Fsp3) is 1.00. The summed E-state index contributed by atoms with van der Waals surface area (Å²) in [6.07, 6.45) is -9.05. The lowest BCUT2D eigenvalue weighted by Gasteiger charge is -2.39. The molecule has 0 bridgehead atoms. The van der Waals surface area contributed by atoms with E-state index in [0.29, 0.717) is 0 Å². The molecule has 0 saturated carbocycles. The van der Waals surface area contributed by atoms with Crippen LogP contribution >= 0.6 is 7.60 Å². The average molecular weight is 396 g/mol. The molecule has 0 aromatic heterocycles. The number of alkyl halides is 12. The van der Waals surface area contributed by atoms with E-state index in [9.17, 15) is 57.3 Å². The molecular weight excluding hydrogens is 391 g/mol. The van der Waals surface area contributed by atoms with E-state index in [0.717, 1.165) is 0 Å². The second-order valence-corrected chi connectivity index (χ2v) is 5.82. The van der Waals surface area contributed by atoms with Crippen molar-refractivity contribution in [2.75, 3.05) is 6.16 Å². The van der Waals surface area contributed by atoms with Gasteiger partial charge in [0.1, 0.15) is 6.16 Å². The summed E-state index contributed by atoms with van der Waals surface area (Å²) in [7, 11) is -6.21. The third kappa shape index (κ3) is 3.55. The van der Waals surface area contributed by atoms with E-state index in [1.807, 2.05) is 0 Å². The van der Waals surface area contributed by atoms with Crippen LogP contribution in [0.25, 0.3) is 0 Å². The van der Waals surface area contributed by atoms with Gasteiger partial charge in [-0.3, -0.25) is 4.57 Å². The van der Waals surface area contributed by atoms with Crippen LogP contribution in [-0.2, 0) is 4.57 Å². The third-order valence-corrected chi connectivity index (χ3v) is 3.15. The Bertz CT molecular complexity index is 483. The van der Waals surface area contributed by atoms with E-state index >= 15 is 0 Å². The molecule has 0 heterocycles. The SMILES string of the molecule is O=P(O)(O)CC(F)(F)C(F)(F)C(F)(F)C(F)(F)C(F)(F)C(F)F. The minimum absolute atomic E-state index is 3.42. The minimum Gasteiger partial charge on any atom is -0.324 e. The van der Waals surface area contributed by atoms with Crippen LogP contribution in [0.5, 0.6) is 0 Å². The average Bonchev–Trinajstić information content (AvgIpc) is 2.24. The van der Waals surface area contributed by atoms with E-state index in [-0.39, 0.29) is 0 Å². The zero-order valence-electron chi connectivity index (χ0n) is 10.1. The zero-order valence-corrected chi connectivity index (χ0v) is 11.0. The Morgan fingerprint density at radius 1 is 0.739 bits per heavy atom. The topological polar surface area (TPSA) is 57.5 Å². The smallest absolute Gasteiger partial charge is 0.324 e. The van der Waals surface area contributed by atoms with E-state index in [2.05, 4.69) is 0 Å². The Morgan fingerprint density at radius 2 is 1.09 bits per heavy atom. The van der Waals surface area contributed by atoms with Crippen LogP contribution < -0.4 is 0 Å². The first kappa shape index (κ1) is 22.3. The van der Waals surface area contributed by atoms with Crippen molar-refractivity contribution in [3.63, 3.8) is 0 Å². The predicted octanol–water partition coefficient (Wildman–Crippen LogP) is 3.61. The molecular formula is C7H5F12O3P. The van der Waals surface area contributed by atoms with Gasteiger partial charge in [0.25, 0.3) is 0 Å². The highest BCUT2D eigenvalue weighted by atomic mass is 31.2. The lowest BCUT2D eigenvalue weighted by atomic mass is 9.95. The Balaban J connectivity index is 6.12. The zero-order chi connectivity index (χ0) is 19.3. The van der Waals surface area contributed by atoms with E-state index < -0.39 is 49.8 Å². The van der Waals surface area contributed by atoms with Crippen LogP contribution in [-0.4, -0.2) is 52.0 Å². The summed E-state index contributed by atoms with van der Waals surface area (Å²) >= 11 is 0. The van der Waals surface area contributed by atoms with Gasteiger partial charge in [0, 0.05) is 0 Å². The number of hydrogen-bond acceptors (Lipinski definition) is 1. The highest BCUT2D eigenvalue weighted by Crippen LogP contribution is 2.60. The van der Waals surface area contributed by atoms with Gasteiger partial charge in [0.05, 0.1) is 0 Å². The van der Waals surface area contributed by atoms with Crippen molar-refractivity contribution < 1.29 is 67.0 Å². The molecule has 0 amide bonds. The molecule has 0 aromatic rings. The lowest BCUT2D eigenvalue weighted by molar-refractivity contribution is -0.410. The van der Waals surface area contributed by atoms with Crippen molar-refractivity contribution >= 4 is 7.60 Å². The predicted molar refractivity (Wildman–Crippen MR) is 47.7 cm³/mol. The molecule has 0 atom stereocenters. The molecule has 0 spiro atoms. The van der Waals surface area contributed by atoms with Gasteiger partial charge in [0.15, 0.2) is 0 Å².